The van der Waals surface area contributed by atoms with Crippen molar-refractivity contribution in [2.75, 3.05) is 6.54 Å². The smallest absolute Gasteiger partial charge is 0.238 e. The zero-order valence-corrected chi connectivity index (χ0v) is 5.24. The molecule has 8 heavy (non-hydrogen) atoms. The topological polar surface area (TPSA) is 29.1 Å². The molecule has 1 unspecified atom stereocenters. The quantitative estimate of drug-likeness (QED) is 0.528. The van der Waals surface area contributed by atoms with E-state index in [0.29, 0.717) is 0 Å². The number of hydrogen-bond donors (Lipinski definition) is 1. The lowest BCUT2D eigenvalue weighted by Gasteiger charge is -1.99. The van der Waals surface area contributed by atoms with E-state index in [9.17, 15) is 4.79 Å². The van der Waals surface area contributed by atoms with Crippen molar-refractivity contribution in [2.45, 2.75) is 18.9 Å². The van der Waals surface area contributed by atoms with Gasteiger partial charge < -0.3 is 5.32 Å². The van der Waals surface area contributed by atoms with Crippen LogP contribution in [0.25, 0.3) is 0 Å². The lowest BCUT2D eigenvalue weighted by atomic mass is 10.2. The van der Waals surface area contributed by atoms with Crippen LogP contribution in [0.5, 0.6) is 0 Å². The Kier molecular flexibility index (Phi) is 1.86. The summed E-state index contributed by atoms with van der Waals surface area (Å²) in [6, 6.07) is -0.0586. The largest absolute Gasteiger partial charge is 0.306 e. The summed E-state index contributed by atoms with van der Waals surface area (Å²) in [5, 5.41) is 2.73. The van der Waals surface area contributed by atoms with Crippen molar-refractivity contribution in [1.82, 2.24) is 5.32 Å². The molecule has 0 bridgehead atoms. The van der Waals surface area contributed by atoms with Crippen molar-refractivity contribution < 1.29 is 4.79 Å². The highest BCUT2D eigenvalue weighted by Crippen LogP contribution is 2.06. The maximum Gasteiger partial charge on any atom is 0.238 e. The van der Waals surface area contributed by atoms with Gasteiger partial charge in [0, 0.05) is 0 Å². The Morgan fingerprint density at radius 1 is 1.75 bits per heavy atom. The van der Waals surface area contributed by atoms with E-state index in [1.54, 1.807) is 0 Å². The van der Waals surface area contributed by atoms with Gasteiger partial charge in [-0.2, -0.15) is 0 Å². The number of halogens is 1. The minimum absolute atomic E-state index is 0.0586. The second-order valence-corrected chi connectivity index (χ2v) is 2.33. The van der Waals surface area contributed by atoms with Crippen LogP contribution in [0.2, 0.25) is 0 Å². The molecule has 1 saturated heterocycles. The van der Waals surface area contributed by atoms with Gasteiger partial charge in [0.2, 0.25) is 5.24 Å². The molecule has 1 atom stereocenters. The van der Waals surface area contributed by atoms with Gasteiger partial charge >= 0.3 is 0 Å². The highest BCUT2D eigenvalue weighted by Gasteiger charge is 2.19. The highest BCUT2D eigenvalue weighted by atomic mass is 35.5. The Bertz CT molecular complexity index is 98.6. The van der Waals surface area contributed by atoms with Crippen LogP contribution in [0.3, 0.4) is 0 Å². The predicted molar refractivity (Wildman–Crippen MR) is 31.9 cm³/mol. The number of carbonyl (C=O) groups excluding carboxylic acids is 1. The minimum Gasteiger partial charge on any atom is -0.306 e. The second kappa shape index (κ2) is 2.46. The predicted octanol–water partition coefficient (Wildman–Crippen LogP) is 0.504. The third-order valence-corrected chi connectivity index (χ3v) is 1.60. The molecule has 0 radical (unpaired) electrons. The zero-order chi connectivity index (χ0) is 5.98. The third-order valence-electron chi connectivity index (χ3n) is 1.33. The highest BCUT2D eigenvalue weighted by molar-refractivity contribution is 6.64. The number of nitrogens with one attached hydrogen (secondary N) is 1. The van der Waals surface area contributed by atoms with Gasteiger partial charge in [-0.25, -0.2) is 0 Å². The van der Waals surface area contributed by atoms with Crippen molar-refractivity contribution in [1.29, 1.82) is 0 Å². The van der Waals surface area contributed by atoms with Crippen LogP contribution >= 0.6 is 11.6 Å². The second-order valence-electron chi connectivity index (χ2n) is 1.95. The summed E-state index contributed by atoms with van der Waals surface area (Å²) in [5.41, 5.74) is 0. The van der Waals surface area contributed by atoms with Crippen LogP contribution in [-0.4, -0.2) is 17.8 Å². The lowest BCUT2D eigenvalue weighted by molar-refractivity contribution is -0.113. The fraction of sp³-hybridized carbons (Fsp3) is 0.800. The van der Waals surface area contributed by atoms with Crippen LogP contribution in [0.4, 0.5) is 0 Å². The normalized spacial score (nSPS) is 28.4. The van der Waals surface area contributed by atoms with Crippen LogP contribution in [-0.2, 0) is 4.79 Å². The van der Waals surface area contributed by atoms with Crippen LogP contribution in [0.15, 0.2) is 0 Å². The van der Waals surface area contributed by atoms with Gasteiger partial charge in [0.05, 0.1) is 6.04 Å². The first kappa shape index (κ1) is 6.05. The number of hydrogen-bond acceptors (Lipinski definition) is 2. The van der Waals surface area contributed by atoms with E-state index in [2.05, 4.69) is 5.32 Å². The molecule has 0 aromatic heterocycles. The monoisotopic (exact) mass is 133 g/mol. The third kappa shape index (κ3) is 1.20. The van der Waals surface area contributed by atoms with Crippen LogP contribution in [0, 0.1) is 0 Å². The first-order valence-electron chi connectivity index (χ1n) is 2.73. The van der Waals surface area contributed by atoms with Gasteiger partial charge in [-0.05, 0) is 31.0 Å². The van der Waals surface area contributed by atoms with E-state index in [-0.39, 0.29) is 11.3 Å². The summed E-state index contributed by atoms with van der Waals surface area (Å²) in [6.07, 6.45) is 1.98. The molecule has 1 aliphatic heterocycles. The molecule has 46 valence electrons. The molecule has 1 aliphatic rings. The van der Waals surface area contributed by atoms with Gasteiger partial charge in [0.1, 0.15) is 0 Å². The van der Waals surface area contributed by atoms with Gasteiger partial charge in [-0.1, -0.05) is 0 Å². The Morgan fingerprint density at radius 3 is 2.75 bits per heavy atom. The van der Waals surface area contributed by atoms with Gasteiger partial charge in [-0.3, -0.25) is 4.79 Å². The van der Waals surface area contributed by atoms with Crippen molar-refractivity contribution in [2.24, 2.45) is 0 Å². The van der Waals surface area contributed by atoms with E-state index in [4.69, 9.17) is 11.6 Å². The molecule has 1 N–H and O–H groups in total. The zero-order valence-electron chi connectivity index (χ0n) is 4.48. The maximum atomic E-state index is 10.3. The molecule has 3 heteroatoms. The summed E-state index contributed by atoms with van der Waals surface area (Å²) in [4.78, 5) is 10.3. The van der Waals surface area contributed by atoms with Crippen molar-refractivity contribution in [3.8, 4) is 0 Å². The Labute approximate surface area is 53.2 Å². The summed E-state index contributed by atoms with van der Waals surface area (Å²) in [5.74, 6) is 0. The Hall–Kier alpha value is -0.0800. The SMILES string of the molecule is O=C(Cl)C1CCCN1. The van der Waals surface area contributed by atoms with Crippen molar-refractivity contribution >= 4 is 16.8 Å². The Balaban J connectivity index is 2.35. The fourth-order valence-corrected chi connectivity index (χ4v) is 1.06. The number of rotatable bonds is 1. The fourth-order valence-electron chi connectivity index (χ4n) is 0.878. The standard InChI is InChI=1S/C5H8ClNO/c6-5(8)4-2-1-3-7-4/h4,7H,1-3H2. The molecule has 0 aromatic rings. The average Bonchev–Trinajstić information content (AvgIpc) is 2.12. The Morgan fingerprint density at radius 2 is 2.50 bits per heavy atom. The van der Waals surface area contributed by atoms with Crippen molar-refractivity contribution in [3.63, 3.8) is 0 Å². The average molecular weight is 134 g/mol. The molecule has 2 nitrogen and oxygen atoms in total. The summed E-state index contributed by atoms with van der Waals surface area (Å²) in [6.45, 7) is 0.934. The molecule has 1 heterocycles. The molecule has 0 spiro atoms. The summed E-state index contributed by atoms with van der Waals surface area (Å²) >= 11 is 5.18. The van der Waals surface area contributed by atoms with Gasteiger partial charge in [0.25, 0.3) is 0 Å². The first-order valence-corrected chi connectivity index (χ1v) is 3.11. The van der Waals surface area contributed by atoms with E-state index in [0.717, 1.165) is 19.4 Å². The van der Waals surface area contributed by atoms with E-state index >= 15 is 0 Å². The van der Waals surface area contributed by atoms with Gasteiger partial charge in [-0.15, -0.1) is 0 Å². The van der Waals surface area contributed by atoms with Crippen molar-refractivity contribution in [3.05, 3.63) is 0 Å². The van der Waals surface area contributed by atoms with E-state index in [1.165, 1.54) is 0 Å². The van der Waals surface area contributed by atoms with E-state index < -0.39 is 0 Å². The molecule has 1 rings (SSSR count). The maximum absolute atomic E-state index is 10.3. The molecular formula is C5H8ClNO. The van der Waals surface area contributed by atoms with Crippen LogP contribution in [0.1, 0.15) is 12.8 Å². The summed E-state index contributed by atoms with van der Waals surface area (Å²) in [7, 11) is 0. The molecular weight excluding hydrogens is 126 g/mol. The molecule has 1 fully saturated rings. The number of carbonyl (C=O) groups is 1. The molecule has 0 amide bonds. The molecule has 0 saturated carbocycles. The van der Waals surface area contributed by atoms with Crippen LogP contribution < -0.4 is 5.32 Å². The first-order chi connectivity index (χ1) is 3.80. The minimum atomic E-state index is -0.248. The lowest BCUT2D eigenvalue weighted by Crippen LogP contribution is -2.26. The molecule has 0 aliphatic carbocycles. The van der Waals surface area contributed by atoms with Gasteiger partial charge in [0.15, 0.2) is 0 Å². The van der Waals surface area contributed by atoms with E-state index in [1.807, 2.05) is 0 Å². The molecule has 0 aromatic carbocycles. The summed E-state index contributed by atoms with van der Waals surface area (Å²) < 4.78 is 0.